The molecule has 0 saturated heterocycles. The molecule has 0 N–H and O–H groups in total. The van der Waals surface area contributed by atoms with Gasteiger partial charge in [0.25, 0.3) is 0 Å². The van der Waals surface area contributed by atoms with Crippen molar-refractivity contribution < 1.29 is 9.59 Å². The molecule has 1 unspecified atom stereocenters. The first-order chi connectivity index (χ1) is 8.27. The number of rotatable bonds is 7. The van der Waals surface area contributed by atoms with Crippen molar-refractivity contribution in [3.05, 3.63) is 35.9 Å². The number of benzene rings is 1. The third-order valence-corrected chi connectivity index (χ3v) is 2.63. The van der Waals surface area contributed by atoms with Gasteiger partial charge in [0.15, 0.2) is 5.78 Å². The molecule has 0 aliphatic rings. The molecule has 0 amide bonds. The summed E-state index contributed by atoms with van der Waals surface area (Å²) in [6.07, 6.45) is 8.41. The molecule has 2 nitrogen and oxygen atoms in total. The standard InChI is InChI=1S/C15H16O2/c1-2-3-5-8-13(12-16)11-15(17)14-9-6-4-7-10-14/h1,4,6-7,9-10,12-13H,3,5,8,11H2. The SMILES string of the molecule is C#CCCCC(C=O)CC(=O)c1ccccc1. The van der Waals surface area contributed by atoms with Gasteiger partial charge in [-0.15, -0.1) is 12.3 Å². The van der Waals surface area contributed by atoms with Crippen LogP contribution in [-0.2, 0) is 4.79 Å². The molecule has 0 saturated carbocycles. The molecule has 88 valence electrons. The zero-order valence-corrected chi connectivity index (χ0v) is 9.76. The molecule has 0 aliphatic carbocycles. The van der Waals surface area contributed by atoms with Crippen molar-refractivity contribution in [3.8, 4) is 12.3 Å². The number of Topliss-reactive ketones (excluding diaryl/α,β-unsaturated/α-hetero) is 1. The second-order valence-corrected chi connectivity index (χ2v) is 3.99. The fraction of sp³-hybridized carbons (Fsp3) is 0.333. The van der Waals surface area contributed by atoms with E-state index in [9.17, 15) is 9.59 Å². The van der Waals surface area contributed by atoms with Crippen LogP contribution in [0.1, 0.15) is 36.0 Å². The predicted octanol–water partition coefficient (Wildman–Crippen LogP) is 2.88. The van der Waals surface area contributed by atoms with Gasteiger partial charge in [0.1, 0.15) is 6.29 Å². The van der Waals surface area contributed by atoms with Crippen LogP contribution in [0.3, 0.4) is 0 Å². The van der Waals surface area contributed by atoms with Gasteiger partial charge in [-0.3, -0.25) is 4.79 Å². The quantitative estimate of drug-likeness (QED) is 0.311. The Bertz CT molecular complexity index is 401. The average Bonchev–Trinajstić information content (AvgIpc) is 2.38. The molecule has 1 aromatic rings. The predicted molar refractivity (Wildman–Crippen MR) is 67.6 cm³/mol. The highest BCUT2D eigenvalue weighted by atomic mass is 16.1. The van der Waals surface area contributed by atoms with E-state index >= 15 is 0 Å². The molecule has 0 fully saturated rings. The van der Waals surface area contributed by atoms with E-state index < -0.39 is 0 Å². The van der Waals surface area contributed by atoms with Crippen LogP contribution >= 0.6 is 0 Å². The molecule has 0 bridgehead atoms. The summed E-state index contributed by atoms with van der Waals surface area (Å²) >= 11 is 0. The maximum atomic E-state index is 11.8. The van der Waals surface area contributed by atoms with Gasteiger partial charge in [-0.25, -0.2) is 0 Å². The van der Waals surface area contributed by atoms with Gasteiger partial charge in [-0.1, -0.05) is 30.3 Å². The lowest BCUT2D eigenvalue weighted by atomic mass is 9.95. The average molecular weight is 228 g/mol. The van der Waals surface area contributed by atoms with Crippen LogP contribution in [0.25, 0.3) is 0 Å². The van der Waals surface area contributed by atoms with Gasteiger partial charge in [0.2, 0.25) is 0 Å². The first-order valence-corrected chi connectivity index (χ1v) is 5.75. The minimum absolute atomic E-state index is 0.0170. The Morgan fingerprint density at radius 1 is 1.35 bits per heavy atom. The van der Waals surface area contributed by atoms with Crippen molar-refractivity contribution in [1.82, 2.24) is 0 Å². The number of carbonyl (C=O) groups excluding carboxylic acids is 2. The summed E-state index contributed by atoms with van der Waals surface area (Å²) in [4.78, 5) is 22.7. The van der Waals surface area contributed by atoms with Crippen LogP contribution in [0, 0.1) is 18.3 Å². The van der Waals surface area contributed by atoms with E-state index in [4.69, 9.17) is 6.42 Å². The topological polar surface area (TPSA) is 34.1 Å². The number of hydrogen-bond acceptors (Lipinski definition) is 2. The minimum Gasteiger partial charge on any atom is -0.303 e. The highest BCUT2D eigenvalue weighted by Crippen LogP contribution is 2.14. The van der Waals surface area contributed by atoms with Gasteiger partial charge < -0.3 is 4.79 Å². The number of aldehydes is 1. The van der Waals surface area contributed by atoms with Gasteiger partial charge in [0.05, 0.1) is 0 Å². The van der Waals surface area contributed by atoms with Crippen LogP contribution in [0.5, 0.6) is 0 Å². The molecule has 1 rings (SSSR count). The van der Waals surface area contributed by atoms with Gasteiger partial charge >= 0.3 is 0 Å². The third-order valence-electron chi connectivity index (χ3n) is 2.63. The van der Waals surface area contributed by atoms with Gasteiger partial charge in [-0.05, 0) is 12.8 Å². The molecular weight excluding hydrogens is 212 g/mol. The highest BCUT2D eigenvalue weighted by molar-refractivity contribution is 5.97. The van der Waals surface area contributed by atoms with Crippen molar-refractivity contribution in [2.45, 2.75) is 25.7 Å². The van der Waals surface area contributed by atoms with E-state index in [0.29, 0.717) is 18.4 Å². The van der Waals surface area contributed by atoms with Crippen molar-refractivity contribution >= 4 is 12.1 Å². The second kappa shape index (κ2) is 7.40. The molecule has 0 spiro atoms. The fourth-order valence-corrected chi connectivity index (χ4v) is 1.66. The molecule has 0 radical (unpaired) electrons. The molecule has 17 heavy (non-hydrogen) atoms. The monoisotopic (exact) mass is 228 g/mol. The van der Waals surface area contributed by atoms with Crippen molar-refractivity contribution in [3.63, 3.8) is 0 Å². The Morgan fingerprint density at radius 3 is 2.65 bits per heavy atom. The summed E-state index contributed by atoms with van der Waals surface area (Å²) in [6.45, 7) is 0. The first-order valence-electron chi connectivity index (χ1n) is 5.75. The Hall–Kier alpha value is -1.88. The maximum Gasteiger partial charge on any atom is 0.163 e. The zero-order valence-electron chi connectivity index (χ0n) is 9.76. The number of ketones is 1. The maximum absolute atomic E-state index is 11.8. The fourth-order valence-electron chi connectivity index (χ4n) is 1.66. The number of unbranched alkanes of at least 4 members (excludes halogenated alkanes) is 1. The lowest BCUT2D eigenvalue weighted by Crippen LogP contribution is -2.10. The number of hydrogen-bond donors (Lipinski definition) is 0. The van der Waals surface area contributed by atoms with Crippen LogP contribution in [0.4, 0.5) is 0 Å². The number of terminal acetylenes is 1. The minimum atomic E-state index is -0.212. The summed E-state index contributed by atoms with van der Waals surface area (Å²) in [7, 11) is 0. The normalized spacial score (nSPS) is 11.5. The molecular formula is C15H16O2. The van der Waals surface area contributed by atoms with Gasteiger partial charge in [0, 0.05) is 24.3 Å². The first kappa shape index (κ1) is 13.2. The lowest BCUT2D eigenvalue weighted by molar-refractivity contribution is -0.111. The second-order valence-electron chi connectivity index (χ2n) is 3.99. The van der Waals surface area contributed by atoms with E-state index in [-0.39, 0.29) is 18.1 Å². The molecule has 0 aliphatic heterocycles. The van der Waals surface area contributed by atoms with E-state index in [1.165, 1.54) is 0 Å². The Labute approximate surface area is 102 Å². The molecule has 0 heterocycles. The smallest absolute Gasteiger partial charge is 0.163 e. The zero-order chi connectivity index (χ0) is 12.5. The van der Waals surface area contributed by atoms with E-state index in [2.05, 4.69) is 5.92 Å². The van der Waals surface area contributed by atoms with Gasteiger partial charge in [-0.2, -0.15) is 0 Å². The molecule has 2 heteroatoms. The Kier molecular flexibility index (Phi) is 5.74. The summed E-state index contributed by atoms with van der Waals surface area (Å²) in [6, 6.07) is 9.04. The van der Waals surface area contributed by atoms with E-state index in [0.717, 1.165) is 12.7 Å². The Balaban J connectivity index is 2.49. The van der Waals surface area contributed by atoms with Crippen LogP contribution in [-0.4, -0.2) is 12.1 Å². The van der Waals surface area contributed by atoms with Crippen LogP contribution < -0.4 is 0 Å². The van der Waals surface area contributed by atoms with Crippen molar-refractivity contribution in [1.29, 1.82) is 0 Å². The summed E-state index contributed by atoms with van der Waals surface area (Å²) in [5, 5.41) is 0. The number of carbonyl (C=O) groups is 2. The summed E-state index contributed by atoms with van der Waals surface area (Å²) < 4.78 is 0. The van der Waals surface area contributed by atoms with Crippen molar-refractivity contribution in [2.75, 3.05) is 0 Å². The molecule has 1 atom stereocenters. The summed E-state index contributed by atoms with van der Waals surface area (Å²) in [5.41, 5.74) is 0.663. The third kappa shape index (κ3) is 4.65. The van der Waals surface area contributed by atoms with Crippen molar-refractivity contribution in [2.24, 2.45) is 5.92 Å². The lowest BCUT2D eigenvalue weighted by Gasteiger charge is -2.08. The van der Waals surface area contributed by atoms with E-state index in [1.54, 1.807) is 12.1 Å². The van der Waals surface area contributed by atoms with Crippen LogP contribution in [0.2, 0.25) is 0 Å². The molecule has 0 aromatic heterocycles. The highest BCUT2D eigenvalue weighted by Gasteiger charge is 2.13. The van der Waals surface area contributed by atoms with E-state index in [1.807, 2.05) is 18.2 Å². The Morgan fingerprint density at radius 2 is 2.06 bits per heavy atom. The van der Waals surface area contributed by atoms with Crippen LogP contribution in [0.15, 0.2) is 30.3 Å². The molecule has 1 aromatic carbocycles. The summed E-state index contributed by atoms with van der Waals surface area (Å²) in [5.74, 6) is 2.34. The largest absolute Gasteiger partial charge is 0.303 e.